The van der Waals surface area contributed by atoms with Crippen molar-refractivity contribution in [1.29, 1.82) is 0 Å². The number of carbonyl (C=O) groups excluding carboxylic acids is 2. The molecule has 0 bridgehead atoms. The van der Waals surface area contributed by atoms with Crippen LogP contribution < -0.4 is 19.1 Å². The molecule has 9 nitrogen and oxygen atoms in total. The van der Waals surface area contributed by atoms with Crippen LogP contribution in [0.1, 0.15) is 25.0 Å². The van der Waals surface area contributed by atoms with Gasteiger partial charge in [-0.15, -0.1) is 0 Å². The predicted octanol–water partition coefficient (Wildman–Crippen LogP) is 4.65. The Kier molecular flexibility index (Phi) is 9.68. The van der Waals surface area contributed by atoms with Crippen molar-refractivity contribution in [2.45, 2.75) is 38.9 Å². The molecule has 3 aromatic rings. The van der Waals surface area contributed by atoms with Crippen LogP contribution in [0, 0.1) is 0 Å². The average Bonchev–Trinajstić information content (AvgIpc) is 3.38. The maximum Gasteiger partial charge on any atom is 0.244 e. The van der Waals surface area contributed by atoms with Crippen LogP contribution in [0.4, 0.5) is 5.69 Å². The van der Waals surface area contributed by atoms with Gasteiger partial charge in [0.15, 0.2) is 11.5 Å². The molecule has 0 aromatic heterocycles. The lowest BCUT2D eigenvalue weighted by Crippen LogP contribution is -2.54. The van der Waals surface area contributed by atoms with Crippen molar-refractivity contribution < 1.29 is 27.5 Å². The topological polar surface area (TPSA) is 105 Å². The molecule has 1 atom stereocenters. The van der Waals surface area contributed by atoms with Crippen LogP contribution in [0.2, 0.25) is 10.0 Å². The Labute approximate surface area is 250 Å². The molecule has 0 unspecified atom stereocenters. The van der Waals surface area contributed by atoms with Crippen molar-refractivity contribution in [3.63, 3.8) is 0 Å². The fourth-order valence-electron chi connectivity index (χ4n) is 4.42. The van der Waals surface area contributed by atoms with E-state index in [4.69, 9.17) is 32.7 Å². The van der Waals surface area contributed by atoms with Gasteiger partial charge < -0.3 is 19.7 Å². The molecule has 1 heterocycles. The van der Waals surface area contributed by atoms with Gasteiger partial charge in [0.2, 0.25) is 28.6 Å². The highest BCUT2D eigenvalue weighted by atomic mass is 35.5. The summed E-state index contributed by atoms with van der Waals surface area (Å²) in [7, 11) is -3.93. The summed E-state index contributed by atoms with van der Waals surface area (Å²) < 4.78 is 37.6. The van der Waals surface area contributed by atoms with Gasteiger partial charge in [-0.05, 0) is 49.2 Å². The second-order valence-electron chi connectivity index (χ2n) is 9.93. The number of fused-ring (bicyclic) bond motifs is 1. The van der Waals surface area contributed by atoms with E-state index < -0.39 is 28.5 Å². The van der Waals surface area contributed by atoms with Crippen molar-refractivity contribution in [3.8, 4) is 11.5 Å². The van der Waals surface area contributed by atoms with E-state index >= 15 is 0 Å². The summed E-state index contributed by atoms with van der Waals surface area (Å²) >= 11 is 12.6. The van der Waals surface area contributed by atoms with Gasteiger partial charge in [-0.25, -0.2) is 8.42 Å². The zero-order valence-electron chi connectivity index (χ0n) is 22.8. The molecule has 1 aliphatic rings. The smallest absolute Gasteiger partial charge is 0.244 e. The normalized spacial score (nSPS) is 13.1. The van der Waals surface area contributed by atoms with E-state index in [1.165, 1.54) is 17.0 Å². The Morgan fingerprint density at radius 3 is 2.34 bits per heavy atom. The van der Waals surface area contributed by atoms with Gasteiger partial charge in [-0.2, -0.15) is 0 Å². The first-order valence-corrected chi connectivity index (χ1v) is 15.5. The van der Waals surface area contributed by atoms with Crippen LogP contribution in [-0.2, 0) is 32.6 Å². The molecule has 12 heteroatoms. The minimum Gasteiger partial charge on any atom is -0.454 e. The van der Waals surface area contributed by atoms with Crippen LogP contribution in [-0.4, -0.2) is 56.8 Å². The number of rotatable bonds is 11. The summed E-state index contributed by atoms with van der Waals surface area (Å²) in [6.07, 6.45) is 1.21. The van der Waals surface area contributed by atoms with Gasteiger partial charge in [0.25, 0.3) is 0 Å². The molecule has 0 spiro atoms. The molecule has 2 amide bonds. The number of ether oxygens (including phenoxy) is 2. The summed E-state index contributed by atoms with van der Waals surface area (Å²) in [5.41, 5.74) is 1.60. The number of amides is 2. The first kappa shape index (κ1) is 30.5. The Balaban J connectivity index is 1.75. The monoisotopic (exact) mass is 619 g/mol. The number of hydrogen-bond donors (Lipinski definition) is 1. The zero-order chi connectivity index (χ0) is 29.7. The average molecular weight is 621 g/mol. The largest absolute Gasteiger partial charge is 0.454 e. The third-order valence-electron chi connectivity index (χ3n) is 6.38. The molecule has 41 heavy (non-hydrogen) atoms. The Morgan fingerprint density at radius 2 is 1.68 bits per heavy atom. The van der Waals surface area contributed by atoms with Crippen LogP contribution in [0.15, 0.2) is 66.7 Å². The number of anilines is 1. The van der Waals surface area contributed by atoms with Crippen LogP contribution in [0.5, 0.6) is 11.5 Å². The van der Waals surface area contributed by atoms with Gasteiger partial charge in [0, 0.05) is 35.1 Å². The summed E-state index contributed by atoms with van der Waals surface area (Å²) in [5.74, 6) is -0.136. The molecule has 0 saturated carbocycles. The summed E-state index contributed by atoms with van der Waals surface area (Å²) in [5, 5.41) is 3.63. The van der Waals surface area contributed by atoms with Crippen LogP contribution in [0.3, 0.4) is 0 Å². The SMILES string of the molecule is CC(C)NC(=O)[C@@H](Cc1ccccc1)N(Cc1ccc(Cl)cc1Cl)C(=O)CN(c1ccc2c(c1)OCO2)S(C)(=O)=O. The van der Waals surface area contributed by atoms with E-state index in [2.05, 4.69) is 5.32 Å². The van der Waals surface area contributed by atoms with Gasteiger partial charge in [0.05, 0.1) is 11.9 Å². The summed E-state index contributed by atoms with van der Waals surface area (Å²) in [4.78, 5) is 29.1. The number of carbonyl (C=O) groups is 2. The molecule has 1 aliphatic heterocycles. The van der Waals surface area contributed by atoms with Crippen LogP contribution >= 0.6 is 23.2 Å². The van der Waals surface area contributed by atoms with Gasteiger partial charge in [0.1, 0.15) is 12.6 Å². The van der Waals surface area contributed by atoms with Gasteiger partial charge in [-0.3, -0.25) is 13.9 Å². The van der Waals surface area contributed by atoms with E-state index in [1.54, 1.807) is 24.3 Å². The minimum absolute atomic E-state index is 0.0123. The number of benzene rings is 3. The van der Waals surface area contributed by atoms with Crippen molar-refractivity contribution in [2.24, 2.45) is 0 Å². The second-order valence-corrected chi connectivity index (χ2v) is 12.7. The van der Waals surface area contributed by atoms with Crippen molar-refractivity contribution in [2.75, 3.05) is 23.9 Å². The lowest BCUT2D eigenvalue weighted by molar-refractivity contribution is -0.140. The molecular weight excluding hydrogens is 589 g/mol. The first-order valence-electron chi connectivity index (χ1n) is 12.9. The molecule has 218 valence electrons. The quantitative estimate of drug-likeness (QED) is 0.335. The lowest BCUT2D eigenvalue weighted by atomic mass is 10.0. The molecule has 0 aliphatic carbocycles. The third-order valence-corrected chi connectivity index (χ3v) is 8.11. The Morgan fingerprint density at radius 1 is 0.976 bits per heavy atom. The minimum atomic E-state index is -3.93. The maximum atomic E-state index is 14.1. The fraction of sp³-hybridized carbons (Fsp3) is 0.310. The third kappa shape index (κ3) is 7.84. The highest BCUT2D eigenvalue weighted by molar-refractivity contribution is 7.92. The highest BCUT2D eigenvalue weighted by Gasteiger charge is 2.34. The van der Waals surface area contributed by atoms with E-state index in [0.717, 1.165) is 16.1 Å². The highest BCUT2D eigenvalue weighted by Crippen LogP contribution is 2.36. The molecular formula is C29H31Cl2N3O6S. The molecule has 0 fully saturated rings. The second kappa shape index (κ2) is 13.0. The van der Waals surface area contributed by atoms with Gasteiger partial charge in [-0.1, -0.05) is 59.6 Å². The Hall–Kier alpha value is -3.47. The molecule has 0 saturated heterocycles. The first-order chi connectivity index (χ1) is 19.4. The van der Waals surface area contributed by atoms with Crippen molar-refractivity contribution in [3.05, 3.63) is 87.9 Å². The summed E-state index contributed by atoms with van der Waals surface area (Å²) in [6, 6.07) is 17.6. The molecule has 3 aromatic carbocycles. The number of sulfonamides is 1. The fourth-order valence-corrected chi connectivity index (χ4v) is 5.73. The van der Waals surface area contributed by atoms with E-state index in [9.17, 15) is 18.0 Å². The van der Waals surface area contributed by atoms with Crippen molar-refractivity contribution in [1.82, 2.24) is 10.2 Å². The number of hydrogen-bond acceptors (Lipinski definition) is 6. The van der Waals surface area contributed by atoms with Gasteiger partial charge >= 0.3 is 0 Å². The maximum absolute atomic E-state index is 14.1. The van der Waals surface area contributed by atoms with Crippen molar-refractivity contribution >= 4 is 50.7 Å². The molecule has 1 N–H and O–H groups in total. The van der Waals surface area contributed by atoms with E-state index in [-0.39, 0.29) is 37.4 Å². The molecule has 0 radical (unpaired) electrons. The zero-order valence-corrected chi connectivity index (χ0v) is 25.2. The lowest BCUT2D eigenvalue weighted by Gasteiger charge is -2.34. The van der Waals surface area contributed by atoms with E-state index in [0.29, 0.717) is 27.1 Å². The Bertz CT molecular complexity index is 1520. The standard InChI is InChI=1S/C29H31Cl2N3O6S/c1-19(2)32-29(36)25(13-20-7-5-4-6-8-20)33(16-21-9-10-22(30)14-24(21)31)28(35)17-34(41(3,37)38)23-11-12-26-27(15-23)40-18-39-26/h4-12,14-15,19,25H,13,16-18H2,1-3H3,(H,32,36)/t25-/m1/s1. The predicted molar refractivity (Wildman–Crippen MR) is 159 cm³/mol. The number of nitrogens with zero attached hydrogens (tertiary/aromatic N) is 2. The van der Waals surface area contributed by atoms with E-state index in [1.807, 2.05) is 44.2 Å². The molecule has 4 rings (SSSR count). The number of nitrogens with one attached hydrogen (secondary N) is 1. The number of halogens is 2. The van der Waals surface area contributed by atoms with Crippen LogP contribution in [0.25, 0.3) is 0 Å². The summed E-state index contributed by atoms with van der Waals surface area (Å²) in [6.45, 7) is 3.04.